The van der Waals surface area contributed by atoms with Crippen molar-refractivity contribution in [2.24, 2.45) is 0 Å². The molecule has 0 saturated carbocycles. The van der Waals surface area contributed by atoms with Crippen LogP contribution in [0.3, 0.4) is 0 Å². The molecule has 0 bridgehead atoms. The van der Waals surface area contributed by atoms with E-state index in [0.29, 0.717) is 0 Å². The predicted octanol–water partition coefficient (Wildman–Crippen LogP) is -2.01. The molecule has 1 saturated heterocycles. The summed E-state index contributed by atoms with van der Waals surface area (Å²) in [6.45, 7) is 0.188. The van der Waals surface area contributed by atoms with Crippen LogP contribution in [0.2, 0.25) is 0 Å². The Balaban J connectivity index is 2.42. The highest BCUT2D eigenvalue weighted by Crippen LogP contribution is 2.37. The van der Waals surface area contributed by atoms with Crippen molar-refractivity contribution in [3.8, 4) is 0 Å². The minimum atomic E-state index is -1.97. The average Bonchev–Trinajstić information content (AvgIpc) is 2.63. The van der Waals surface area contributed by atoms with Crippen molar-refractivity contribution in [1.29, 1.82) is 0 Å². The topological polar surface area (TPSA) is 131 Å². The highest BCUT2D eigenvalue weighted by Gasteiger charge is 2.54. The summed E-state index contributed by atoms with van der Waals surface area (Å²) in [7, 11) is 0. The Hall–Kier alpha value is -1.74. The highest BCUT2D eigenvalue weighted by molar-refractivity contribution is 5.24. The molecule has 1 fully saturated rings. The van der Waals surface area contributed by atoms with Crippen LogP contribution in [0.25, 0.3) is 0 Å². The Morgan fingerprint density at radius 2 is 2.53 bits per heavy atom. The third-order valence-electron chi connectivity index (χ3n) is 3.12. The zero-order valence-corrected chi connectivity index (χ0v) is 9.88. The van der Waals surface area contributed by atoms with Gasteiger partial charge in [-0.3, -0.25) is 4.57 Å². The molecule has 8 heteroatoms. The van der Waals surface area contributed by atoms with Gasteiger partial charge in [0.05, 0.1) is 7.98 Å². The maximum absolute atomic E-state index is 11.7. The normalized spacial score (nSPS) is 35.7. The molecule has 19 heavy (non-hydrogen) atoms. The minimum Gasteiger partial charge on any atom is -0.394 e. The van der Waals surface area contributed by atoms with Crippen LogP contribution in [0.5, 0.6) is 0 Å². The van der Waals surface area contributed by atoms with Crippen LogP contribution in [-0.4, -0.2) is 49.3 Å². The van der Waals surface area contributed by atoms with Crippen LogP contribution in [0, 0.1) is 0 Å². The maximum atomic E-state index is 11.7. The Bertz CT molecular complexity index is 577. The summed E-state index contributed by atoms with van der Waals surface area (Å²) in [5, 5.41) is 29.7. The van der Waals surface area contributed by atoms with Gasteiger partial charge in [0.2, 0.25) is 0 Å². The molecule has 1 aliphatic heterocycles. The molecule has 5 N–H and O–H groups in total. The molecule has 4 atom stereocenters. The van der Waals surface area contributed by atoms with Crippen molar-refractivity contribution in [3.63, 3.8) is 0 Å². The molecule has 0 aliphatic carbocycles. The Morgan fingerprint density at radius 3 is 3.11 bits per heavy atom. The maximum Gasteiger partial charge on any atom is 0.351 e. The Kier molecular flexibility index (Phi) is 3.07. The van der Waals surface area contributed by atoms with Gasteiger partial charge in [-0.25, -0.2) is 4.79 Å². The zero-order chi connectivity index (χ0) is 14.9. The van der Waals surface area contributed by atoms with Gasteiger partial charge >= 0.3 is 5.69 Å². The first-order chi connectivity index (χ1) is 9.43. The van der Waals surface area contributed by atoms with E-state index < -0.39 is 36.3 Å². The molecule has 1 aliphatic rings. The first-order valence-corrected chi connectivity index (χ1v) is 5.51. The van der Waals surface area contributed by atoms with Crippen molar-refractivity contribution >= 4 is 5.82 Å². The third-order valence-corrected chi connectivity index (χ3v) is 3.12. The van der Waals surface area contributed by atoms with E-state index in [-0.39, 0.29) is 5.82 Å². The Morgan fingerprint density at radius 1 is 1.79 bits per heavy atom. The lowest BCUT2D eigenvalue weighted by Gasteiger charge is -2.26. The van der Waals surface area contributed by atoms with E-state index in [4.69, 9.17) is 11.8 Å². The van der Waals surface area contributed by atoms with Crippen LogP contribution in [0.1, 0.15) is 7.60 Å². The smallest absolute Gasteiger partial charge is 0.351 e. The average molecular weight is 270 g/mol. The van der Waals surface area contributed by atoms with Gasteiger partial charge in [-0.05, 0) is 6.07 Å². The summed E-state index contributed by atoms with van der Waals surface area (Å²) in [4.78, 5) is 15.2. The predicted molar refractivity (Wildman–Crippen MR) is 65.1 cm³/mol. The summed E-state index contributed by atoms with van der Waals surface area (Å²) in [5.74, 6) is 0.0127. The van der Waals surface area contributed by atoms with E-state index in [1.165, 1.54) is 12.3 Å². The molecule has 1 unspecified atom stereocenters. The molecule has 1 aromatic heterocycles. The van der Waals surface area contributed by atoms with Gasteiger partial charge in [0.1, 0.15) is 23.6 Å². The molecule has 1 aromatic rings. The molecule has 0 amide bonds. The number of hydrogen-bond acceptors (Lipinski definition) is 7. The largest absolute Gasteiger partial charge is 0.394 e. The standard InChI is InChI=1S/C11H15N3O5/c1-2-11(18)6(5-15)19-9(8(11)16)14-4-3-7(12)13-10(14)17/h2-4,6,8-9,15-16,18H,1,5H2,(H2,12,13,17)/t6-,8+,9?,11-/m1/s1/i1D. The third kappa shape index (κ3) is 2.04. The van der Waals surface area contributed by atoms with Gasteiger partial charge < -0.3 is 25.8 Å². The quantitative estimate of drug-likeness (QED) is 0.467. The summed E-state index contributed by atoms with van der Waals surface area (Å²) in [6, 6.07) is 1.34. The fourth-order valence-corrected chi connectivity index (χ4v) is 2.00. The number of nitrogens with two attached hydrogens (primary N) is 1. The first kappa shape index (κ1) is 12.3. The second-order valence-electron chi connectivity index (χ2n) is 4.24. The first-order valence-electron chi connectivity index (χ1n) is 6.09. The highest BCUT2D eigenvalue weighted by atomic mass is 16.6. The number of nitrogens with zero attached hydrogens (tertiary/aromatic N) is 2. The second-order valence-corrected chi connectivity index (χ2v) is 4.24. The number of anilines is 1. The van der Waals surface area contributed by atoms with E-state index in [0.717, 1.165) is 17.2 Å². The van der Waals surface area contributed by atoms with E-state index in [2.05, 4.69) is 4.98 Å². The van der Waals surface area contributed by atoms with Crippen molar-refractivity contribution < 1.29 is 21.4 Å². The number of hydrogen-bond donors (Lipinski definition) is 4. The van der Waals surface area contributed by atoms with Crippen molar-refractivity contribution in [3.05, 3.63) is 35.4 Å². The number of nitrogen functional groups attached to an aromatic ring is 1. The zero-order valence-electron chi connectivity index (χ0n) is 10.9. The molecule has 0 aromatic carbocycles. The van der Waals surface area contributed by atoms with Crippen LogP contribution in [-0.2, 0) is 4.74 Å². The summed E-state index contributed by atoms with van der Waals surface area (Å²) >= 11 is 0. The molecule has 0 spiro atoms. The lowest BCUT2D eigenvalue weighted by atomic mass is 9.92. The minimum absolute atomic E-state index is 0.0127. The van der Waals surface area contributed by atoms with Crippen LogP contribution >= 0.6 is 0 Å². The van der Waals surface area contributed by atoms with Gasteiger partial charge in [-0.1, -0.05) is 6.08 Å². The molecular formula is C11H15N3O5. The fourth-order valence-electron chi connectivity index (χ4n) is 2.00. The number of aliphatic hydroxyl groups is 3. The lowest BCUT2D eigenvalue weighted by molar-refractivity contribution is -0.0655. The second kappa shape index (κ2) is 4.74. The van der Waals surface area contributed by atoms with E-state index in [1.54, 1.807) is 0 Å². The van der Waals surface area contributed by atoms with E-state index in [9.17, 15) is 20.1 Å². The van der Waals surface area contributed by atoms with Gasteiger partial charge in [-0.15, -0.1) is 6.55 Å². The number of aliphatic hydroxyl groups excluding tert-OH is 2. The Labute approximate surface area is 109 Å². The van der Waals surface area contributed by atoms with Crippen molar-refractivity contribution in [1.82, 2.24) is 9.55 Å². The molecular weight excluding hydrogens is 254 g/mol. The SMILES string of the molecule is [2H]C=C[C@@]1(O)[C@@H](CO)OC(n2ccc(N)nc2=O)[C@@H]1O. The fraction of sp³-hybridized carbons (Fsp3) is 0.455. The van der Waals surface area contributed by atoms with Crippen LogP contribution < -0.4 is 11.4 Å². The van der Waals surface area contributed by atoms with E-state index in [1.807, 2.05) is 0 Å². The molecule has 104 valence electrons. The number of aromatic nitrogens is 2. The van der Waals surface area contributed by atoms with Gasteiger partial charge in [0.25, 0.3) is 0 Å². The monoisotopic (exact) mass is 270 g/mol. The van der Waals surface area contributed by atoms with Crippen LogP contribution in [0.4, 0.5) is 5.82 Å². The van der Waals surface area contributed by atoms with Crippen molar-refractivity contribution in [2.45, 2.75) is 24.0 Å². The molecule has 2 rings (SSSR count). The number of ether oxygens (including phenoxy) is 1. The van der Waals surface area contributed by atoms with Gasteiger partial charge in [0.15, 0.2) is 6.23 Å². The lowest BCUT2D eigenvalue weighted by Crippen LogP contribution is -2.47. The van der Waals surface area contributed by atoms with E-state index >= 15 is 0 Å². The van der Waals surface area contributed by atoms with Gasteiger partial charge in [0, 0.05) is 6.20 Å². The number of rotatable bonds is 3. The summed E-state index contributed by atoms with van der Waals surface area (Å²) in [5.41, 5.74) is 2.63. The molecule has 0 radical (unpaired) electrons. The summed E-state index contributed by atoms with van der Waals surface area (Å²) in [6.07, 6.45) is -1.70. The molecule has 2 heterocycles. The summed E-state index contributed by atoms with van der Waals surface area (Å²) < 4.78 is 13.3. The van der Waals surface area contributed by atoms with Gasteiger partial charge in [-0.2, -0.15) is 4.98 Å². The van der Waals surface area contributed by atoms with Crippen LogP contribution in [0.15, 0.2) is 29.7 Å². The molecule has 8 nitrogen and oxygen atoms in total. The van der Waals surface area contributed by atoms with Crippen molar-refractivity contribution in [2.75, 3.05) is 12.3 Å².